The predicted octanol–water partition coefficient (Wildman–Crippen LogP) is 4.68. The molecule has 1 heterocycles. The van der Waals surface area contributed by atoms with Gasteiger partial charge in [-0.2, -0.15) is 13.2 Å². The first kappa shape index (κ1) is 21.5. The highest BCUT2D eigenvalue weighted by molar-refractivity contribution is 6.31. The summed E-state index contributed by atoms with van der Waals surface area (Å²) in [6.45, 7) is 2.92. The lowest BCUT2D eigenvalue weighted by Crippen LogP contribution is -2.44. The number of nitrogens with zero attached hydrogens (tertiary/aromatic N) is 2. The zero-order chi connectivity index (χ0) is 21.0. The molecule has 0 aromatic heterocycles. The lowest BCUT2D eigenvalue weighted by molar-refractivity contribution is -0.136. The Morgan fingerprint density at radius 1 is 1.10 bits per heavy atom. The van der Waals surface area contributed by atoms with Gasteiger partial charge in [-0.15, -0.1) is 0 Å². The van der Waals surface area contributed by atoms with Gasteiger partial charge < -0.3 is 15.1 Å². The number of anilines is 2. The summed E-state index contributed by atoms with van der Waals surface area (Å²) < 4.78 is 40.8. The Morgan fingerprint density at radius 2 is 1.79 bits per heavy atom. The van der Waals surface area contributed by atoms with Gasteiger partial charge in [-0.05, 0) is 43.3 Å². The van der Waals surface area contributed by atoms with Crippen LogP contribution in [0.3, 0.4) is 0 Å². The predicted molar refractivity (Wildman–Crippen MR) is 110 cm³/mol. The van der Waals surface area contributed by atoms with Crippen molar-refractivity contribution in [2.24, 2.45) is 0 Å². The molecule has 1 fully saturated rings. The van der Waals surface area contributed by atoms with E-state index >= 15 is 0 Å². The van der Waals surface area contributed by atoms with Gasteiger partial charge in [-0.3, -0.25) is 4.79 Å². The summed E-state index contributed by atoms with van der Waals surface area (Å²) in [6.07, 6.45) is -4.17. The van der Waals surface area contributed by atoms with Crippen LogP contribution in [0, 0.1) is 0 Å². The van der Waals surface area contributed by atoms with Crippen LogP contribution in [0.2, 0.25) is 5.02 Å². The molecule has 1 aliphatic heterocycles. The molecule has 0 radical (unpaired) electrons. The Morgan fingerprint density at radius 3 is 2.45 bits per heavy atom. The molecular weight excluding hydrogens is 403 g/mol. The van der Waals surface area contributed by atoms with Gasteiger partial charge in [0.15, 0.2) is 0 Å². The van der Waals surface area contributed by atoms with E-state index < -0.39 is 17.6 Å². The molecule has 1 N–H and O–H groups in total. The summed E-state index contributed by atoms with van der Waals surface area (Å²) in [5.41, 5.74) is 0.241. The Bertz CT molecular complexity index is 864. The van der Waals surface area contributed by atoms with Crippen LogP contribution in [-0.4, -0.2) is 44.0 Å². The van der Waals surface area contributed by atoms with Gasteiger partial charge in [0, 0.05) is 43.3 Å². The molecule has 2 aromatic rings. The van der Waals surface area contributed by atoms with Crippen LogP contribution in [0.4, 0.5) is 24.5 Å². The van der Waals surface area contributed by atoms with Crippen LogP contribution in [0.15, 0.2) is 42.5 Å². The van der Waals surface area contributed by atoms with E-state index in [4.69, 9.17) is 11.6 Å². The maximum atomic E-state index is 13.6. The third-order valence-corrected chi connectivity index (χ3v) is 5.40. The SMILES string of the molecule is CN1CCN(c2ccc(NC(=O)CCc3ccccc3Cl)c(C(F)(F)F)c2)CC1. The smallest absolute Gasteiger partial charge is 0.369 e. The molecule has 1 amide bonds. The summed E-state index contributed by atoms with van der Waals surface area (Å²) >= 11 is 6.07. The van der Waals surface area contributed by atoms with E-state index in [0.29, 0.717) is 30.2 Å². The van der Waals surface area contributed by atoms with Crippen LogP contribution in [0.5, 0.6) is 0 Å². The van der Waals surface area contributed by atoms with Gasteiger partial charge in [0.25, 0.3) is 0 Å². The zero-order valence-corrected chi connectivity index (χ0v) is 16.9. The Labute approximate surface area is 173 Å². The van der Waals surface area contributed by atoms with Gasteiger partial charge in [-0.1, -0.05) is 29.8 Å². The van der Waals surface area contributed by atoms with Crippen LogP contribution in [0.1, 0.15) is 17.5 Å². The van der Waals surface area contributed by atoms with Crippen molar-refractivity contribution < 1.29 is 18.0 Å². The fourth-order valence-electron chi connectivity index (χ4n) is 3.30. The highest BCUT2D eigenvalue weighted by atomic mass is 35.5. The maximum Gasteiger partial charge on any atom is 0.418 e. The van der Waals surface area contributed by atoms with Gasteiger partial charge in [0.2, 0.25) is 5.91 Å². The molecule has 156 valence electrons. The lowest BCUT2D eigenvalue weighted by atomic mass is 10.1. The van der Waals surface area contributed by atoms with Crippen molar-refractivity contribution in [1.82, 2.24) is 4.90 Å². The molecule has 2 aromatic carbocycles. The fraction of sp³-hybridized carbons (Fsp3) is 0.381. The highest BCUT2D eigenvalue weighted by Crippen LogP contribution is 2.37. The van der Waals surface area contributed by atoms with Crippen molar-refractivity contribution in [3.63, 3.8) is 0 Å². The zero-order valence-electron chi connectivity index (χ0n) is 16.1. The van der Waals surface area contributed by atoms with E-state index in [1.54, 1.807) is 30.3 Å². The third kappa shape index (κ3) is 5.64. The number of halogens is 4. The second-order valence-electron chi connectivity index (χ2n) is 7.16. The summed E-state index contributed by atoms with van der Waals surface area (Å²) in [6, 6.07) is 11.2. The van der Waals surface area contributed by atoms with Crippen molar-refractivity contribution in [3.05, 3.63) is 58.6 Å². The molecule has 0 unspecified atom stereocenters. The van der Waals surface area contributed by atoms with Gasteiger partial charge in [0.05, 0.1) is 11.3 Å². The molecule has 8 heteroatoms. The minimum absolute atomic E-state index is 0.0429. The number of likely N-dealkylation sites (N-methyl/N-ethyl adjacent to an activating group) is 1. The minimum atomic E-state index is -4.56. The average Bonchev–Trinajstić information content (AvgIpc) is 2.67. The Hall–Kier alpha value is -2.25. The maximum absolute atomic E-state index is 13.6. The molecule has 29 heavy (non-hydrogen) atoms. The third-order valence-electron chi connectivity index (χ3n) is 5.03. The van der Waals surface area contributed by atoms with E-state index in [0.717, 1.165) is 24.7 Å². The van der Waals surface area contributed by atoms with E-state index in [2.05, 4.69) is 10.2 Å². The standard InChI is InChI=1S/C21H23ClF3N3O/c1-27-10-12-28(13-11-27)16-7-8-19(17(14-16)21(23,24)25)26-20(29)9-6-15-4-2-3-5-18(15)22/h2-5,7-8,14H,6,9-13H2,1H3,(H,26,29). The number of hydrogen-bond donors (Lipinski definition) is 1. The largest absolute Gasteiger partial charge is 0.418 e. The highest BCUT2D eigenvalue weighted by Gasteiger charge is 2.35. The number of rotatable bonds is 5. The van der Waals surface area contributed by atoms with Crippen molar-refractivity contribution in [1.29, 1.82) is 0 Å². The molecule has 3 rings (SSSR count). The number of nitrogens with one attached hydrogen (secondary N) is 1. The number of aryl methyl sites for hydroxylation is 1. The van der Waals surface area contributed by atoms with E-state index in [9.17, 15) is 18.0 Å². The van der Waals surface area contributed by atoms with E-state index in [1.807, 2.05) is 11.9 Å². The molecular formula is C21H23ClF3N3O. The lowest BCUT2D eigenvalue weighted by Gasteiger charge is -2.34. The number of benzene rings is 2. The topological polar surface area (TPSA) is 35.6 Å². The molecule has 0 spiro atoms. The number of amides is 1. The Kier molecular flexibility index (Phi) is 6.70. The summed E-state index contributed by atoms with van der Waals surface area (Å²) in [5.74, 6) is -0.484. The van der Waals surface area contributed by atoms with Crippen molar-refractivity contribution in [3.8, 4) is 0 Å². The number of carbonyl (C=O) groups excluding carboxylic acids is 1. The molecule has 4 nitrogen and oxygen atoms in total. The number of alkyl halides is 3. The first-order valence-corrected chi connectivity index (χ1v) is 9.80. The second-order valence-corrected chi connectivity index (χ2v) is 7.56. The first-order chi connectivity index (χ1) is 13.7. The quantitative estimate of drug-likeness (QED) is 0.755. The van der Waals surface area contributed by atoms with Crippen molar-refractivity contribution in [2.75, 3.05) is 43.4 Å². The second kappa shape index (κ2) is 9.05. The molecule has 0 saturated carbocycles. The molecule has 1 aliphatic rings. The van der Waals surface area contributed by atoms with E-state index in [1.165, 1.54) is 6.07 Å². The van der Waals surface area contributed by atoms with Gasteiger partial charge in [0.1, 0.15) is 0 Å². The first-order valence-electron chi connectivity index (χ1n) is 9.42. The van der Waals surface area contributed by atoms with Crippen molar-refractivity contribution >= 4 is 28.9 Å². The fourth-order valence-corrected chi connectivity index (χ4v) is 3.53. The monoisotopic (exact) mass is 425 g/mol. The summed E-state index contributed by atoms with van der Waals surface area (Å²) in [5, 5.41) is 2.95. The number of carbonyl (C=O) groups is 1. The molecule has 0 bridgehead atoms. The van der Waals surface area contributed by atoms with Gasteiger partial charge >= 0.3 is 6.18 Å². The molecule has 1 saturated heterocycles. The van der Waals surface area contributed by atoms with Gasteiger partial charge in [-0.25, -0.2) is 0 Å². The number of piperazine rings is 1. The van der Waals surface area contributed by atoms with Crippen LogP contribution < -0.4 is 10.2 Å². The Balaban J connectivity index is 1.72. The normalized spacial score (nSPS) is 15.4. The summed E-state index contributed by atoms with van der Waals surface area (Å²) in [4.78, 5) is 16.3. The average molecular weight is 426 g/mol. The van der Waals surface area contributed by atoms with E-state index in [-0.39, 0.29) is 12.1 Å². The number of hydrogen-bond acceptors (Lipinski definition) is 3. The summed E-state index contributed by atoms with van der Waals surface area (Å²) in [7, 11) is 1.99. The minimum Gasteiger partial charge on any atom is -0.369 e. The van der Waals surface area contributed by atoms with Crippen LogP contribution in [0.25, 0.3) is 0 Å². The molecule has 0 atom stereocenters. The van der Waals surface area contributed by atoms with Crippen LogP contribution >= 0.6 is 11.6 Å². The van der Waals surface area contributed by atoms with Crippen molar-refractivity contribution in [2.45, 2.75) is 19.0 Å². The van der Waals surface area contributed by atoms with Crippen LogP contribution in [-0.2, 0) is 17.4 Å². The molecule has 0 aliphatic carbocycles.